The number of nitrogens with one attached hydrogen (secondary N) is 3. The molecule has 4 aromatic rings. The second-order valence-electron chi connectivity index (χ2n) is 7.29. The number of anilines is 2. The highest BCUT2D eigenvalue weighted by atomic mass is 35.5. The Hall–Kier alpha value is -3.81. The molecule has 9 heteroatoms. The fraction of sp³-hybridized carbons (Fsp3) is 0.0417. The number of carbonyl (C=O) groups excluding carboxylic acids is 3. The van der Waals surface area contributed by atoms with Crippen molar-refractivity contribution in [2.24, 2.45) is 0 Å². The summed E-state index contributed by atoms with van der Waals surface area (Å²) in [6, 6.07) is 20.2. The molecule has 0 aliphatic rings. The summed E-state index contributed by atoms with van der Waals surface area (Å²) in [5.74, 6) is -2.36. The summed E-state index contributed by atoms with van der Waals surface area (Å²) >= 11 is 12.0. The van der Waals surface area contributed by atoms with Gasteiger partial charge in [0.2, 0.25) is 0 Å². The van der Waals surface area contributed by atoms with E-state index in [1.165, 1.54) is 10.7 Å². The third-order valence-corrected chi connectivity index (χ3v) is 5.28. The second-order valence-corrected chi connectivity index (χ2v) is 8.17. The molecule has 0 saturated carbocycles. The molecule has 4 rings (SSSR count). The van der Waals surface area contributed by atoms with Crippen molar-refractivity contribution in [2.45, 2.75) is 6.92 Å². The first kappa shape index (κ1) is 22.4. The van der Waals surface area contributed by atoms with Gasteiger partial charge in [0.05, 0.1) is 5.52 Å². The van der Waals surface area contributed by atoms with Crippen LogP contribution in [0.1, 0.15) is 16.1 Å². The zero-order valence-electron chi connectivity index (χ0n) is 17.4. The fourth-order valence-corrected chi connectivity index (χ4v) is 3.58. The number of rotatable bonds is 4. The van der Waals surface area contributed by atoms with Crippen molar-refractivity contribution >= 4 is 63.2 Å². The maximum absolute atomic E-state index is 13.0. The smallest absolute Gasteiger partial charge is 0.321 e. The number of aryl methyl sites for hydroxylation is 1. The van der Waals surface area contributed by atoms with Crippen LogP contribution in [0.5, 0.6) is 0 Å². The molecule has 3 aromatic carbocycles. The molecule has 166 valence electrons. The number of fused-ring (bicyclic) bond motifs is 1. The van der Waals surface area contributed by atoms with Crippen molar-refractivity contribution in [2.75, 3.05) is 16.1 Å². The summed E-state index contributed by atoms with van der Waals surface area (Å²) in [6.45, 7) is 1.94. The first-order valence-corrected chi connectivity index (χ1v) is 10.6. The van der Waals surface area contributed by atoms with Crippen LogP contribution in [0.25, 0.3) is 10.9 Å². The summed E-state index contributed by atoms with van der Waals surface area (Å²) < 4.78 is 1.26. The molecule has 33 heavy (non-hydrogen) atoms. The second kappa shape index (κ2) is 9.36. The van der Waals surface area contributed by atoms with Gasteiger partial charge in [-0.2, -0.15) is 0 Å². The predicted octanol–water partition coefficient (Wildman–Crippen LogP) is 5.22. The molecule has 0 aliphatic carbocycles. The number of hydrogen-bond acceptors (Lipinski definition) is 3. The van der Waals surface area contributed by atoms with Gasteiger partial charge in [0.15, 0.2) is 0 Å². The minimum absolute atomic E-state index is 0.122. The van der Waals surface area contributed by atoms with Gasteiger partial charge in [0.1, 0.15) is 5.69 Å². The van der Waals surface area contributed by atoms with E-state index in [0.717, 1.165) is 5.56 Å². The Morgan fingerprint density at radius 3 is 2.21 bits per heavy atom. The van der Waals surface area contributed by atoms with Gasteiger partial charge in [-0.1, -0.05) is 47.0 Å². The normalized spacial score (nSPS) is 10.6. The van der Waals surface area contributed by atoms with Crippen molar-refractivity contribution in [3.05, 3.63) is 94.1 Å². The molecule has 0 fully saturated rings. The molecule has 1 aromatic heterocycles. The van der Waals surface area contributed by atoms with Gasteiger partial charge in [-0.25, -0.2) is 4.68 Å². The molecule has 1 heterocycles. The zero-order chi connectivity index (χ0) is 23.5. The largest absolute Gasteiger partial charge is 0.328 e. The molecular formula is C24H18Cl2N4O3. The lowest BCUT2D eigenvalue weighted by molar-refractivity contribution is -0.133. The van der Waals surface area contributed by atoms with E-state index in [-0.39, 0.29) is 5.69 Å². The molecule has 0 unspecified atom stereocenters. The van der Waals surface area contributed by atoms with E-state index in [2.05, 4.69) is 16.1 Å². The van der Waals surface area contributed by atoms with Gasteiger partial charge in [-0.3, -0.25) is 19.8 Å². The Labute approximate surface area is 199 Å². The van der Waals surface area contributed by atoms with Gasteiger partial charge >= 0.3 is 11.8 Å². The summed E-state index contributed by atoms with van der Waals surface area (Å²) in [5, 5.41) is 6.77. The van der Waals surface area contributed by atoms with Gasteiger partial charge in [0, 0.05) is 26.8 Å². The molecule has 3 amide bonds. The molecule has 0 saturated heterocycles. The van der Waals surface area contributed by atoms with E-state index < -0.39 is 17.7 Å². The third kappa shape index (κ3) is 5.16. The Balaban J connectivity index is 1.62. The quantitative estimate of drug-likeness (QED) is 0.349. The van der Waals surface area contributed by atoms with Crippen LogP contribution >= 0.6 is 23.2 Å². The van der Waals surface area contributed by atoms with Crippen LogP contribution in [0, 0.1) is 6.92 Å². The summed E-state index contributed by atoms with van der Waals surface area (Å²) in [4.78, 5) is 38.1. The molecule has 0 atom stereocenters. The molecule has 0 aliphatic heterocycles. The number of benzene rings is 3. The van der Waals surface area contributed by atoms with Crippen LogP contribution in [-0.2, 0) is 9.59 Å². The third-order valence-electron chi connectivity index (χ3n) is 4.81. The fourth-order valence-electron chi connectivity index (χ4n) is 3.21. The predicted molar refractivity (Wildman–Crippen MR) is 131 cm³/mol. The summed E-state index contributed by atoms with van der Waals surface area (Å²) in [6.07, 6.45) is 0. The van der Waals surface area contributed by atoms with Gasteiger partial charge in [-0.05, 0) is 61.5 Å². The van der Waals surface area contributed by atoms with Crippen molar-refractivity contribution in [3.8, 4) is 0 Å². The highest BCUT2D eigenvalue weighted by Crippen LogP contribution is 2.24. The van der Waals surface area contributed by atoms with E-state index in [9.17, 15) is 14.4 Å². The van der Waals surface area contributed by atoms with Crippen molar-refractivity contribution in [1.82, 2.24) is 4.68 Å². The highest BCUT2D eigenvalue weighted by molar-refractivity contribution is 6.42. The molecule has 0 spiro atoms. The number of hydrogen-bond donors (Lipinski definition) is 3. The first-order chi connectivity index (χ1) is 15.8. The lowest BCUT2D eigenvalue weighted by Crippen LogP contribution is -2.36. The minimum atomic E-state index is -0.966. The van der Waals surface area contributed by atoms with E-state index in [1.807, 2.05) is 19.1 Å². The average Bonchev–Trinajstić information content (AvgIpc) is 3.12. The van der Waals surface area contributed by atoms with Crippen LogP contribution in [0.3, 0.4) is 0 Å². The lowest BCUT2D eigenvalue weighted by atomic mass is 10.2. The van der Waals surface area contributed by atoms with Crippen molar-refractivity contribution < 1.29 is 14.4 Å². The average molecular weight is 481 g/mol. The van der Waals surface area contributed by atoms with Crippen LogP contribution < -0.4 is 16.1 Å². The number of aromatic nitrogens is 1. The minimum Gasteiger partial charge on any atom is -0.321 e. The monoisotopic (exact) mass is 480 g/mol. The van der Waals surface area contributed by atoms with E-state index in [4.69, 9.17) is 23.2 Å². The Bertz CT molecular complexity index is 1380. The number of nitrogens with zero attached hydrogens (tertiary/aromatic N) is 1. The van der Waals surface area contributed by atoms with Crippen LogP contribution in [0.2, 0.25) is 10.0 Å². The SMILES string of the molecule is Cc1ccc(NC(=O)c2cc3cc(Cl)ccc3n2NC(=O)C(=O)Nc2cccc(Cl)c2)cc1. The maximum Gasteiger partial charge on any atom is 0.328 e. The number of carbonyl (C=O) groups is 3. The van der Waals surface area contributed by atoms with Gasteiger partial charge in [-0.15, -0.1) is 0 Å². The topological polar surface area (TPSA) is 92.2 Å². The maximum atomic E-state index is 13.0. The molecule has 7 nitrogen and oxygen atoms in total. The van der Waals surface area contributed by atoms with Crippen molar-refractivity contribution in [3.63, 3.8) is 0 Å². The standard InChI is InChI=1S/C24H18Cl2N4O3/c1-14-5-8-18(9-6-14)27-22(31)21-12-15-11-17(26)7-10-20(15)30(21)29-24(33)23(32)28-19-4-2-3-16(25)13-19/h2-13H,1H3,(H,27,31)(H,28,32)(H,29,33). The van der Waals surface area contributed by atoms with Crippen LogP contribution in [-0.4, -0.2) is 22.4 Å². The van der Waals surface area contributed by atoms with Gasteiger partial charge < -0.3 is 10.6 Å². The first-order valence-electron chi connectivity index (χ1n) is 9.87. The van der Waals surface area contributed by atoms with E-state index >= 15 is 0 Å². The summed E-state index contributed by atoms with van der Waals surface area (Å²) in [7, 11) is 0. The van der Waals surface area contributed by atoms with Gasteiger partial charge in [0.25, 0.3) is 5.91 Å². The zero-order valence-corrected chi connectivity index (χ0v) is 18.9. The molecular weight excluding hydrogens is 463 g/mol. The van der Waals surface area contributed by atoms with E-state index in [0.29, 0.717) is 32.3 Å². The molecule has 0 radical (unpaired) electrons. The number of amides is 3. The number of halogens is 2. The molecule has 0 bridgehead atoms. The Kier molecular flexibility index (Phi) is 6.35. The van der Waals surface area contributed by atoms with Crippen molar-refractivity contribution in [1.29, 1.82) is 0 Å². The lowest BCUT2D eigenvalue weighted by Gasteiger charge is -2.13. The van der Waals surface area contributed by atoms with E-state index in [1.54, 1.807) is 54.6 Å². The molecule has 3 N–H and O–H groups in total. The highest BCUT2D eigenvalue weighted by Gasteiger charge is 2.21. The summed E-state index contributed by atoms with van der Waals surface area (Å²) in [5.41, 5.74) is 5.12. The van der Waals surface area contributed by atoms with Crippen LogP contribution in [0.4, 0.5) is 11.4 Å². The Morgan fingerprint density at radius 2 is 1.48 bits per heavy atom. The Morgan fingerprint density at radius 1 is 0.758 bits per heavy atom. The van der Waals surface area contributed by atoms with Crippen LogP contribution in [0.15, 0.2) is 72.8 Å².